The molecule has 1 aliphatic heterocycles. The van der Waals surface area contributed by atoms with Gasteiger partial charge in [-0.2, -0.15) is 0 Å². The van der Waals surface area contributed by atoms with Gasteiger partial charge in [0.2, 0.25) is 0 Å². The van der Waals surface area contributed by atoms with Gasteiger partial charge >= 0.3 is 0 Å². The molecule has 2 heterocycles. The third kappa shape index (κ3) is 4.75. The van der Waals surface area contributed by atoms with Gasteiger partial charge in [-0.3, -0.25) is 14.6 Å². The quantitative estimate of drug-likeness (QED) is 0.288. The molecule has 1 N–H and O–H groups in total. The molecule has 1 amide bonds. The molecule has 0 bridgehead atoms. The zero-order valence-corrected chi connectivity index (χ0v) is 20.0. The van der Waals surface area contributed by atoms with Gasteiger partial charge in [-0.15, -0.1) is 0 Å². The molecule has 1 fully saturated rings. The molecule has 2 aromatic carbocycles. The number of carbonyl (C=O) groups excluding carboxylic acids is 2. The van der Waals surface area contributed by atoms with Crippen LogP contribution in [-0.4, -0.2) is 40.4 Å². The number of Topliss-reactive ketones (excluding diaryl/α,β-unsaturated/α-hetero) is 1. The van der Waals surface area contributed by atoms with Crippen molar-refractivity contribution >= 4 is 17.4 Å². The second kappa shape index (κ2) is 10.4. The zero-order valence-electron chi connectivity index (χ0n) is 20.0. The average Bonchev–Trinajstić information content (AvgIpc) is 3.12. The summed E-state index contributed by atoms with van der Waals surface area (Å²) in [6.45, 7) is 4.59. The molecular formula is C28H28N2O5. The minimum atomic E-state index is -0.843. The lowest BCUT2D eigenvalue weighted by Crippen LogP contribution is -2.29. The fourth-order valence-electron chi connectivity index (χ4n) is 4.25. The number of nitrogens with zero attached hydrogens (tertiary/aromatic N) is 2. The van der Waals surface area contributed by atoms with Gasteiger partial charge < -0.3 is 19.5 Å². The summed E-state index contributed by atoms with van der Waals surface area (Å²) in [6.07, 6.45) is 2.51. The van der Waals surface area contributed by atoms with E-state index in [2.05, 4.69) is 4.98 Å². The van der Waals surface area contributed by atoms with Gasteiger partial charge in [0, 0.05) is 17.3 Å². The highest BCUT2D eigenvalue weighted by molar-refractivity contribution is 6.46. The van der Waals surface area contributed by atoms with Gasteiger partial charge in [0.25, 0.3) is 11.7 Å². The predicted molar refractivity (Wildman–Crippen MR) is 132 cm³/mol. The van der Waals surface area contributed by atoms with Gasteiger partial charge in [0.15, 0.2) is 0 Å². The Balaban J connectivity index is 1.85. The number of hydrogen-bond acceptors (Lipinski definition) is 6. The number of amides is 1. The van der Waals surface area contributed by atoms with Gasteiger partial charge in [-0.05, 0) is 55.3 Å². The molecule has 3 aromatic rings. The Hall–Kier alpha value is -4.13. The molecular weight excluding hydrogens is 444 g/mol. The van der Waals surface area contributed by atoms with E-state index < -0.39 is 17.7 Å². The van der Waals surface area contributed by atoms with Crippen LogP contribution in [0.25, 0.3) is 5.76 Å². The first-order valence-electron chi connectivity index (χ1n) is 11.5. The number of aromatic nitrogens is 1. The zero-order chi connectivity index (χ0) is 24.9. The van der Waals surface area contributed by atoms with Crippen molar-refractivity contribution in [2.45, 2.75) is 32.9 Å². The van der Waals surface area contributed by atoms with Gasteiger partial charge in [0.1, 0.15) is 17.3 Å². The number of ketones is 1. The molecule has 0 aliphatic carbocycles. The third-order valence-electron chi connectivity index (χ3n) is 5.94. The number of aryl methyl sites for hydroxylation is 1. The van der Waals surface area contributed by atoms with Crippen LogP contribution >= 0.6 is 0 Å². The van der Waals surface area contributed by atoms with Crippen molar-refractivity contribution in [1.82, 2.24) is 9.88 Å². The van der Waals surface area contributed by atoms with E-state index >= 15 is 0 Å². The number of aliphatic hydroxyl groups excluding tert-OH is 1. The van der Waals surface area contributed by atoms with Crippen LogP contribution in [0.2, 0.25) is 0 Å². The van der Waals surface area contributed by atoms with Crippen LogP contribution in [0.15, 0.2) is 72.4 Å². The maximum atomic E-state index is 13.3. The van der Waals surface area contributed by atoms with Crippen molar-refractivity contribution in [1.29, 1.82) is 0 Å². The number of carbonyl (C=O) groups is 2. The van der Waals surface area contributed by atoms with Crippen LogP contribution in [0.3, 0.4) is 0 Å². The fraction of sp³-hybridized carbons (Fsp3) is 0.250. The average molecular weight is 473 g/mol. The van der Waals surface area contributed by atoms with E-state index in [4.69, 9.17) is 9.47 Å². The Bertz CT molecular complexity index is 1270. The lowest BCUT2D eigenvalue weighted by Gasteiger charge is -2.26. The second-order valence-electron chi connectivity index (χ2n) is 8.32. The highest BCUT2D eigenvalue weighted by Crippen LogP contribution is 2.43. The molecule has 1 saturated heterocycles. The van der Waals surface area contributed by atoms with Crippen molar-refractivity contribution in [3.63, 3.8) is 0 Å². The van der Waals surface area contributed by atoms with Crippen LogP contribution in [0.1, 0.15) is 41.8 Å². The van der Waals surface area contributed by atoms with Gasteiger partial charge in [-0.25, -0.2) is 0 Å². The fourth-order valence-corrected chi connectivity index (χ4v) is 4.25. The maximum Gasteiger partial charge on any atom is 0.296 e. The summed E-state index contributed by atoms with van der Waals surface area (Å²) in [5.41, 5.74) is 2.49. The molecule has 180 valence electrons. The summed E-state index contributed by atoms with van der Waals surface area (Å²) in [4.78, 5) is 32.3. The van der Waals surface area contributed by atoms with Crippen molar-refractivity contribution < 1.29 is 24.2 Å². The second-order valence-corrected chi connectivity index (χ2v) is 8.32. The van der Waals surface area contributed by atoms with Crippen molar-refractivity contribution in [3.8, 4) is 11.5 Å². The number of rotatable bonds is 8. The summed E-state index contributed by atoms with van der Waals surface area (Å²) >= 11 is 0. The number of pyridine rings is 1. The summed E-state index contributed by atoms with van der Waals surface area (Å²) in [7, 11) is 1.53. The molecule has 35 heavy (non-hydrogen) atoms. The summed E-state index contributed by atoms with van der Waals surface area (Å²) in [6, 6.07) is 16.9. The first-order valence-corrected chi connectivity index (χ1v) is 11.5. The number of likely N-dealkylation sites (tertiary alicyclic amines) is 1. The summed E-state index contributed by atoms with van der Waals surface area (Å²) in [5.74, 6) is -0.477. The van der Waals surface area contributed by atoms with Crippen LogP contribution in [-0.2, 0) is 16.1 Å². The monoisotopic (exact) mass is 472 g/mol. The number of ether oxygens (including phenoxy) is 2. The highest BCUT2D eigenvalue weighted by Gasteiger charge is 2.47. The largest absolute Gasteiger partial charge is 0.507 e. The maximum absolute atomic E-state index is 13.3. The van der Waals surface area contributed by atoms with Crippen molar-refractivity contribution in [3.05, 3.63) is 94.8 Å². The molecule has 0 saturated carbocycles. The van der Waals surface area contributed by atoms with E-state index in [0.29, 0.717) is 34.9 Å². The molecule has 0 radical (unpaired) electrons. The number of hydrogen-bond donors (Lipinski definition) is 1. The molecule has 7 nitrogen and oxygen atoms in total. The van der Waals surface area contributed by atoms with E-state index in [0.717, 1.165) is 12.0 Å². The van der Waals surface area contributed by atoms with E-state index in [-0.39, 0.29) is 17.9 Å². The summed E-state index contributed by atoms with van der Waals surface area (Å²) in [5, 5.41) is 11.4. The Labute approximate surface area is 204 Å². The van der Waals surface area contributed by atoms with E-state index in [1.807, 2.05) is 32.0 Å². The van der Waals surface area contributed by atoms with Crippen LogP contribution < -0.4 is 9.47 Å². The van der Waals surface area contributed by atoms with E-state index in [9.17, 15) is 14.7 Å². The normalized spacial score (nSPS) is 17.0. The number of methoxy groups -OCH3 is 1. The van der Waals surface area contributed by atoms with Crippen LogP contribution in [0.4, 0.5) is 0 Å². The molecule has 7 heteroatoms. The first kappa shape index (κ1) is 24.0. The Morgan fingerprint density at radius 2 is 1.83 bits per heavy atom. The Morgan fingerprint density at radius 1 is 1.06 bits per heavy atom. The lowest BCUT2D eigenvalue weighted by molar-refractivity contribution is -0.140. The molecule has 1 aliphatic rings. The predicted octanol–water partition coefficient (Wildman–Crippen LogP) is 4.81. The number of benzene rings is 2. The van der Waals surface area contributed by atoms with Crippen LogP contribution in [0, 0.1) is 6.92 Å². The van der Waals surface area contributed by atoms with Gasteiger partial charge in [0.05, 0.1) is 37.6 Å². The minimum absolute atomic E-state index is 0.0112. The molecule has 0 spiro atoms. The van der Waals surface area contributed by atoms with Gasteiger partial charge in [-0.1, -0.05) is 31.2 Å². The molecule has 4 rings (SSSR count). The van der Waals surface area contributed by atoms with E-state index in [1.54, 1.807) is 48.7 Å². The summed E-state index contributed by atoms with van der Waals surface area (Å²) < 4.78 is 11.3. The minimum Gasteiger partial charge on any atom is -0.507 e. The standard InChI is InChI=1S/C28H28N2O5/c1-4-15-35-22-13-12-19(16-18(22)2)26(31)24-25(21-10-5-6-11-23(21)34-3)30(28(33)27(24)32)17-20-9-7-8-14-29-20/h5-14,16,25,31H,4,15,17H2,1-3H3/b26-24+. The number of para-hydroxylation sites is 1. The lowest BCUT2D eigenvalue weighted by atomic mass is 9.94. The van der Waals surface area contributed by atoms with Crippen molar-refractivity contribution in [2.24, 2.45) is 0 Å². The highest BCUT2D eigenvalue weighted by atomic mass is 16.5. The molecule has 1 aromatic heterocycles. The molecule has 1 atom stereocenters. The first-order chi connectivity index (χ1) is 17.0. The third-order valence-corrected chi connectivity index (χ3v) is 5.94. The van der Waals surface area contributed by atoms with Crippen molar-refractivity contribution in [2.75, 3.05) is 13.7 Å². The Morgan fingerprint density at radius 3 is 2.51 bits per heavy atom. The Kier molecular flexibility index (Phi) is 7.15. The number of aliphatic hydroxyl groups is 1. The SMILES string of the molecule is CCCOc1ccc(/C(O)=C2\C(=O)C(=O)N(Cc3ccccn3)C2c2ccccc2OC)cc1C. The molecule has 1 unspecified atom stereocenters. The van der Waals surface area contributed by atoms with Crippen LogP contribution in [0.5, 0.6) is 11.5 Å². The smallest absolute Gasteiger partial charge is 0.296 e. The topological polar surface area (TPSA) is 89.0 Å². The van der Waals surface area contributed by atoms with E-state index in [1.165, 1.54) is 12.0 Å².